The van der Waals surface area contributed by atoms with E-state index in [4.69, 9.17) is 11.6 Å². The first-order valence-electron chi connectivity index (χ1n) is 4.83. The van der Waals surface area contributed by atoms with Crippen LogP contribution in [0.3, 0.4) is 0 Å². The summed E-state index contributed by atoms with van der Waals surface area (Å²) < 4.78 is 1.71. The number of anilines is 1. The van der Waals surface area contributed by atoms with Crippen molar-refractivity contribution in [2.45, 2.75) is 18.9 Å². The van der Waals surface area contributed by atoms with E-state index < -0.39 is 0 Å². The zero-order valence-corrected chi connectivity index (χ0v) is 9.00. The maximum absolute atomic E-state index is 11.8. The lowest BCUT2D eigenvalue weighted by Crippen LogP contribution is -2.24. The molecule has 1 N–H and O–H groups in total. The van der Waals surface area contributed by atoms with Gasteiger partial charge in [0, 0.05) is 23.5 Å². The van der Waals surface area contributed by atoms with Crippen molar-refractivity contribution in [1.29, 1.82) is 0 Å². The molecule has 0 spiro atoms. The molecule has 1 aromatic heterocycles. The Hall–Kier alpha value is -1.29. The first-order valence-corrected chi connectivity index (χ1v) is 5.20. The monoisotopic (exact) mass is 225 g/mol. The molecule has 0 saturated heterocycles. The fourth-order valence-electron chi connectivity index (χ4n) is 1.37. The first kappa shape index (κ1) is 10.2. The van der Waals surface area contributed by atoms with E-state index in [1.165, 1.54) is 0 Å². The van der Waals surface area contributed by atoms with Crippen LogP contribution < -0.4 is 10.9 Å². The fourth-order valence-corrected chi connectivity index (χ4v) is 1.43. The van der Waals surface area contributed by atoms with Crippen LogP contribution in [0.5, 0.6) is 0 Å². The van der Waals surface area contributed by atoms with Crippen LogP contribution in [0.15, 0.2) is 28.8 Å². The van der Waals surface area contributed by atoms with E-state index in [-0.39, 0.29) is 5.56 Å². The second-order valence-electron chi connectivity index (χ2n) is 3.59. The lowest BCUT2D eigenvalue weighted by molar-refractivity contribution is 0.700. The minimum absolute atomic E-state index is 0.0853. The Labute approximate surface area is 92.6 Å². The Morgan fingerprint density at radius 1 is 1.73 bits per heavy atom. The van der Waals surface area contributed by atoms with Crippen molar-refractivity contribution in [3.63, 3.8) is 0 Å². The van der Waals surface area contributed by atoms with Gasteiger partial charge in [0.15, 0.2) is 5.82 Å². The number of hydrogen-bond acceptors (Lipinski definition) is 3. The molecule has 5 heteroatoms. The van der Waals surface area contributed by atoms with Crippen LogP contribution in [-0.4, -0.2) is 16.1 Å². The van der Waals surface area contributed by atoms with Crippen molar-refractivity contribution >= 4 is 17.4 Å². The highest BCUT2D eigenvalue weighted by Crippen LogP contribution is 2.33. The minimum Gasteiger partial charge on any atom is -0.361 e. The largest absolute Gasteiger partial charge is 0.361 e. The minimum atomic E-state index is -0.0853. The number of aromatic nitrogens is 2. The van der Waals surface area contributed by atoms with Crippen molar-refractivity contribution in [3.8, 4) is 0 Å². The van der Waals surface area contributed by atoms with Gasteiger partial charge in [-0.15, -0.1) is 0 Å². The summed E-state index contributed by atoms with van der Waals surface area (Å²) in [5.41, 5.74) is -0.0853. The number of hydrogen-bond donors (Lipinski definition) is 1. The van der Waals surface area contributed by atoms with E-state index in [1.807, 2.05) is 0 Å². The number of nitrogens with one attached hydrogen (secondary N) is 1. The van der Waals surface area contributed by atoms with Gasteiger partial charge in [0.25, 0.3) is 5.56 Å². The smallest absolute Gasteiger partial charge is 0.293 e. The normalized spacial score (nSPS) is 15.0. The molecule has 1 fully saturated rings. The van der Waals surface area contributed by atoms with E-state index >= 15 is 0 Å². The summed E-state index contributed by atoms with van der Waals surface area (Å²) in [6.45, 7) is 3.90. The van der Waals surface area contributed by atoms with Crippen molar-refractivity contribution < 1.29 is 0 Å². The van der Waals surface area contributed by atoms with Gasteiger partial charge in [0.2, 0.25) is 0 Å². The van der Waals surface area contributed by atoms with E-state index in [0.29, 0.717) is 23.4 Å². The Morgan fingerprint density at radius 2 is 2.47 bits per heavy atom. The first-order chi connectivity index (χ1) is 7.18. The molecule has 0 radical (unpaired) electrons. The van der Waals surface area contributed by atoms with Crippen LogP contribution in [0.1, 0.15) is 18.9 Å². The number of rotatable bonds is 4. The molecule has 4 nitrogen and oxygen atoms in total. The van der Waals surface area contributed by atoms with Crippen LogP contribution in [0.25, 0.3) is 0 Å². The summed E-state index contributed by atoms with van der Waals surface area (Å²) in [5.74, 6) is 0.339. The molecule has 0 aromatic carbocycles. The van der Waals surface area contributed by atoms with Gasteiger partial charge in [-0.3, -0.25) is 4.79 Å². The average molecular weight is 226 g/mol. The second-order valence-corrected chi connectivity index (χ2v) is 4.12. The highest BCUT2D eigenvalue weighted by Gasteiger charge is 2.25. The van der Waals surface area contributed by atoms with Crippen molar-refractivity contribution in [3.05, 3.63) is 34.4 Å². The zero-order chi connectivity index (χ0) is 10.8. The lowest BCUT2D eigenvalue weighted by atomic mass is 10.5. The Morgan fingerprint density at radius 3 is 3.07 bits per heavy atom. The molecule has 1 heterocycles. The molecule has 2 rings (SSSR count). The van der Waals surface area contributed by atoms with Gasteiger partial charge in [0.05, 0.1) is 6.54 Å². The Bertz CT molecular complexity index is 437. The van der Waals surface area contributed by atoms with Crippen LogP contribution in [0.4, 0.5) is 5.82 Å². The van der Waals surface area contributed by atoms with Gasteiger partial charge >= 0.3 is 0 Å². The van der Waals surface area contributed by atoms with Crippen molar-refractivity contribution in [2.75, 3.05) is 11.9 Å². The molecule has 80 valence electrons. The zero-order valence-electron chi connectivity index (χ0n) is 8.24. The number of nitrogens with zero attached hydrogens (tertiary/aromatic N) is 2. The lowest BCUT2D eigenvalue weighted by Gasteiger charge is -2.06. The summed E-state index contributed by atoms with van der Waals surface area (Å²) in [7, 11) is 0. The van der Waals surface area contributed by atoms with Gasteiger partial charge in [-0.05, 0) is 12.8 Å². The van der Waals surface area contributed by atoms with Crippen LogP contribution >= 0.6 is 11.6 Å². The molecule has 1 aromatic rings. The summed E-state index contributed by atoms with van der Waals surface area (Å²) in [6, 6.07) is 0.361. The Balaban J connectivity index is 2.20. The molecule has 0 atom stereocenters. The third-order valence-electron chi connectivity index (χ3n) is 2.26. The molecule has 1 aliphatic rings. The third-order valence-corrected chi connectivity index (χ3v) is 2.39. The SMILES string of the molecule is C=C(Cl)CNc1nccn(C2CC2)c1=O. The molecule has 0 amide bonds. The molecule has 0 aliphatic heterocycles. The maximum atomic E-state index is 11.8. The van der Waals surface area contributed by atoms with Gasteiger partial charge in [0.1, 0.15) is 0 Å². The topological polar surface area (TPSA) is 46.9 Å². The molecular weight excluding hydrogens is 214 g/mol. The van der Waals surface area contributed by atoms with Crippen LogP contribution in [-0.2, 0) is 0 Å². The van der Waals surface area contributed by atoms with Crippen molar-refractivity contribution in [1.82, 2.24) is 9.55 Å². The third kappa shape index (κ3) is 2.39. The van der Waals surface area contributed by atoms with E-state index in [1.54, 1.807) is 17.0 Å². The van der Waals surface area contributed by atoms with E-state index in [0.717, 1.165) is 12.8 Å². The molecule has 1 saturated carbocycles. The predicted octanol–water partition coefficient (Wildman–Crippen LogP) is 1.74. The number of halogens is 1. The maximum Gasteiger partial charge on any atom is 0.293 e. The standard InChI is InChI=1S/C10H12ClN3O/c1-7(11)6-13-9-10(15)14(5-4-12-9)8-2-3-8/h4-5,8H,1-3,6H2,(H,12,13). The van der Waals surface area contributed by atoms with E-state index in [9.17, 15) is 4.79 Å². The van der Waals surface area contributed by atoms with Gasteiger partial charge in [-0.2, -0.15) is 0 Å². The van der Waals surface area contributed by atoms with Crippen molar-refractivity contribution in [2.24, 2.45) is 0 Å². The highest BCUT2D eigenvalue weighted by atomic mass is 35.5. The molecule has 0 unspecified atom stereocenters. The summed E-state index contributed by atoms with van der Waals surface area (Å²) in [4.78, 5) is 15.8. The second kappa shape index (κ2) is 4.06. The van der Waals surface area contributed by atoms with Crippen LogP contribution in [0.2, 0.25) is 0 Å². The van der Waals surface area contributed by atoms with Gasteiger partial charge in [-0.25, -0.2) is 4.98 Å². The quantitative estimate of drug-likeness (QED) is 0.849. The Kier molecular flexibility index (Phi) is 2.77. The van der Waals surface area contributed by atoms with E-state index in [2.05, 4.69) is 16.9 Å². The molecule has 0 bridgehead atoms. The fraction of sp³-hybridized carbons (Fsp3) is 0.400. The van der Waals surface area contributed by atoms with Gasteiger partial charge < -0.3 is 9.88 Å². The average Bonchev–Trinajstić information content (AvgIpc) is 2.99. The highest BCUT2D eigenvalue weighted by molar-refractivity contribution is 6.29. The molecule has 1 aliphatic carbocycles. The van der Waals surface area contributed by atoms with Crippen LogP contribution in [0, 0.1) is 0 Å². The molecular formula is C10H12ClN3O. The summed E-state index contributed by atoms with van der Waals surface area (Å²) >= 11 is 5.60. The predicted molar refractivity (Wildman–Crippen MR) is 60.3 cm³/mol. The summed E-state index contributed by atoms with van der Waals surface area (Å²) in [6.07, 6.45) is 5.50. The van der Waals surface area contributed by atoms with Gasteiger partial charge in [-0.1, -0.05) is 18.2 Å². The summed E-state index contributed by atoms with van der Waals surface area (Å²) in [5, 5.41) is 3.32. The molecule has 15 heavy (non-hydrogen) atoms.